The average molecular weight is 611 g/mol. The van der Waals surface area contributed by atoms with E-state index in [1.54, 1.807) is 0 Å². The molecule has 2 heterocycles. The molecule has 0 atom stereocenters. The van der Waals surface area contributed by atoms with Crippen LogP contribution in [0.15, 0.2) is 182 Å². The van der Waals surface area contributed by atoms with Crippen LogP contribution in [0.25, 0.3) is 88.0 Å². The van der Waals surface area contributed by atoms with Crippen molar-refractivity contribution in [2.75, 3.05) is 0 Å². The van der Waals surface area contributed by atoms with Gasteiger partial charge < -0.3 is 9.13 Å². The highest BCUT2D eigenvalue weighted by atomic mass is 15.0. The van der Waals surface area contributed by atoms with Crippen molar-refractivity contribution >= 4 is 54.4 Å². The Hall–Kier alpha value is -6.38. The Morgan fingerprint density at radius 2 is 0.792 bits per heavy atom. The molecule has 2 nitrogen and oxygen atoms in total. The summed E-state index contributed by atoms with van der Waals surface area (Å²) < 4.78 is 4.78. The molecule has 224 valence electrons. The molecule has 0 unspecified atom stereocenters. The van der Waals surface area contributed by atoms with Gasteiger partial charge in [0.25, 0.3) is 0 Å². The lowest BCUT2D eigenvalue weighted by atomic mass is 9.97. The van der Waals surface area contributed by atoms with Crippen LogP contribution >= 0.6 is 0 Å². The van der Waals surface area contributed by atoms with E-state index in [0.29, 0.717) is 0 Å². The highest BCUT2D eigenvalue weighted by molar-refractivity contribution is 6.21. The van der Waals surface area contributed by atoms with E-state index in [1.165, 1.54) is 82.3 Å². The van der Waals surface area contributed by atoms with Gasteiger partial charge in [0.15, 0.2) is 0 Å². The first kappa shape index (κ1) is 26.8. The zero-order chi connectivity index (χ0) is 31.6. The first-order valence-electron chi connectivity index (χ1n) is 16.5. The summed E-state index contributed by atoms with van der Waals surface area (Å²) in [6.45, 7) is 0. The molecule has 0 aliphatic carbocycles. The second-order valence-corrected chi connectivity index (χ2v) is 12.6. The summed E-state index contributed by atoms with van der Waals surface area (Å²) in [6, 6.07) is 66.1. The molecule has 10 rings (SSSR count). The van der Waals surface area contributed by atoms with Crippen LogP contribution in [0.3, 0.4) is 0 Å². The van der Waals surface area contributed by atoms with E-state index in [2.05, 4.69) is 191 Å². The van der Waals surface area contributed by atoms with Gasteiger partial charge >= 0.3 is 0 Å². The van der Waals surface area contributed by atoms with Gasteiger partial charge in [-0.1, -0.05) is 121 Å². The van der Waals surface area contributed by atoms with Gasteiger partial charge in [-0.2, -0.15) is 0 Å². The Balaban J connectivity index is 1.11. The zero-order valence-electron chi connectivity index (χ0n) is 26.2. The van der Waals surface area contributed by atoms with Crippen molar-refractivity contribution in [2.24, 2.45) is 0 Å². The fourth-order valence-corrected chi connectivity index (χ4v) is 7.70. The van der Waals surface area contributed by atoms with Gasteiger partial charge in [0.05, 0.1) is 22.1 Å². The third kappa shape index (κ3) is 4.06. The highest BCUT2D eigenvalue weighted by Crippen LogP contribution is 2.39. The molecule has 0 aliphatic heterocycles. The molecule has 0 amide bonds. The number of rotatable bonds is 4. The lowest BCUT2D eigenvalue weighted by molar-refractivity contribution is 1.18. The summed E-state index contributed by atoms with van der Waals surface area (Å²) in [6.07, 6.45) is 0. The van der Waals surface area contributed by atoms with Crippen molar-refractivity contribution in [3.05, 3.63) is 182 Å². The molecule has 0 bridgehead atoms. The number of benzene rings is 8. The topological polar surface area (TPSA) is 9.86 Å². The first-order valence-corrected chi connectivity index (χ1v) is 16.5. The van der Waals surface area contributed by atoms with E-state index in [0.717, 1.165) is 5.69 Å². The Bertz CT molecular complexity index is 2800. The molecule has 0 fully saturated rings. The van der Waals surface area contributed by atoms with Crippen molar-refractivity contribution in [3.8, 4) is 33.6 Å². The summed E-state index contributed by atoms with van der Waals surface area (Å²) >= 11 is 0. The van der Waals surface area contributed by atoms with Crippen LogP contribution in [-0.2, 0) is 0 Å². The number of hydrogen-bond acceptors (Lipinski definition) is 0. The molecule has 0 aliphatic rings. The fraction of sp³-hybridized carbons (Fsp3) is 0. The van der Waals surface area contributed by atoms with Crippen LogP contribution in [0.2, 0.25) is 0 Å². The van der Waals surface area contributed by atoms with Gasteiger partial charge in [-0.05, 0) is 93.7 Å². The second-order valence-electron chi connectivity index (χ2n) is 12.6. The van der Waals surface area contributed by atoms with E-state index in [4.69, 9.17) is 0 Å². The van der Waals surface area contributed by atoms with E-state index >= 15 is 0 Å². The van der Waals surface area contributed by atoms with Crippen LogP contribution in [0.5, 0.6) is 0 Å². The number of fused-ring (bicyclic) bond motifs is 8. The van der Waals surface area contributed by atoms with Gasteiger partial charge in [-0.25, -0.2) is 0 Å². The summed E-state index contributed by atoms with van der Waals surface area (Å²) in [5.41, 5.74) is 12.1. The highest BCUT2D eigenvalue weighted by Gasteiger charge is 2.16. The van der Waals surface area contributed by atoms with E-state index in [9.17, 15) is 0 Å². The molecule has 0 N–H and O–H groups in total. The minimum atomic E-state index is 1.16. The summed E-state index contributed by atoms with van der Waals surface area (Å²) in [5, 5.41) is 7.63. The van der Waals surface area contributed by atoms with Gasteiger partial charge in [0, 0.05) is 32.9 Å². The summed E-state index contributed by atoms with van der Waals surface area (Å²) in [7, 11) is 0. The van der Waals surface area contributed by atoms with Gasteiger partial charge in [-0.3, -0.25) is 0 Å². The maximum absolute atomic E-state index is 2.39. The van der Waals surface area contributed by atoms with Crippen molar-refractivity contribution in [3.63, 3.8) is 0 Å². The van der Waals surface area contributed by atoms with Gasteiger partial charge in [-0.15, -0.1) is 0 Å². The SMILES string of the molecule is c1ccc(-c2ccc(-n3c4ccccc4c4cc(-c5ccc6c(ccc7c6c6ccccc6n7-c6ccccc6)c5)ccc43)cc2)cc1. The van der Waals surface area contributed by atoms with E-state index < -0.39 is 0 Å². The Morgan fingerprint density at radius 3 is 1.58 bits per heavy atom. The molecule has 0 spiro atoms. The van der Waals surface area contributed by atoms with Crippen molar-refractivity contribution in [2.45, 2.75) is 0 Å². The van der Waals surface area contributed by atoms with Crippen LogP contribution in [-0.4, -0.2) is 9.13 Å². The minimum Gasteiger partial charge on any atom is -0.309 e. The Morgan fingerprint density at radius 1 is 0.271 bits per heavy atom. The predicted molar refractivity (Wildman–Crippen MR) is 203 cm³/mol. The zero-order valence-corrected chi connectivity index (χ0v) is 26.2. The minimum absolute atomic E-state index is 1.16. The molecule has 0 saturated carbocycles. The van der Waals surface area contributed by atoms with Crippen molar-refractivity contribution < 1.29 is 0 Å². The Kier molecular flexibility index (Phi) is 5.91. The van der Waals surface area contributed by atoms with Gasteiger partial charge in [0.1, 0.15) is 0 Å². The van der Waals surface area contributed by atoms with Crippen LogP contribution < -0.4 is 0 Å². The number of para-hydroxylation sites is 3. The molecule has 48 heavy (non-hydrogen) atoms. The fourth-order valence-electron chi connectivity index (χ4n) is 7.70. The summed E-state index contributed by atoms with van der Waals surface area (Å²) in [4.78, 5) is 0. The molecule has 2 aromatic heterocycles. The molecule has 0 saturated heterocycles. The maximum Gasteiger partial charge on any atom is 0.0547 e. The Labute approximate surface area is 278 Å². The molecular weight excluding hydrogens is 581 g/mol. The average Bonchev–Trinajstić information content (AvgIpc) is 3.68. The lowest BCUT2D eigenvalue weighted by Crippen LogP contribution is -1.93. The summed E-state index contributed by atoms with van der Waals surface area (Å²) in [5.74, 6) is 0. The van der Waals surface area contributed by atoms with Crippen molar-refractivity contribution in [1.82, 2.24) is 9.13 Å². The smallest absolute Gasteiger partial charge is 0.0547 e. The maximum atomic E-state index is 2.39. The largest absolute Gasteiger partial charge is 0.309 e. The van der Waals surface area contributed by atoms with Crippen molar-refractivity contribution in [1.29, 1.82) is 0 Å². The lowest BCUT2D eigenvalue weighted by Gasteiger charge is -2.10. The quantitative estimate of drug-likeness (QED) is 0.188. The molecule has 0 radical (unpaired) electrons. The molecular formula is C46H30N2. The standard InChI is InChI=1S/C46H30N2/c1-3-11-31(12-4-1)32-19-24-37(25-20-32)47-42-17-9-7-15-39(42)41-30-34(22-27-44(41)47)33-21-26-38-35(29-33)23-28-45-46(38)40-16-8-10-18-43(40)48(45)36-13-5-2-6-14-36/h1-30H. The number of nitrogens with zero attached hydrogens (tertiary/aromatic N) is 2. The van der Waals surface area contributed by atoms with Crippen LogP contribution in [0.1, 0.15) is 0 Å². The monoisotopic (exact) mass is 610 g/mol. The van der Waals surface area contributed by atoms with E-state index in [1.807, 2.05) is 0 Å². The second kappa shape index (κ2) is 10.6. The third-order valence-electron chi connectivity index (χ3n) is 9.91. The molecule has 2 heteroatoms. The molecule has 10 aromatic rings. The normalized spacial score (nSPS) is 11.8. The van der Waals surface area contributed by atoms with Crippen LogP contribution in [0, 0.1) is 0 Å². The number of aromatic nitrogens is 2. The molecule has 8 aromatic carbocycles. The van der Waals surface area contributed by atoms with Gasteiger partial charge in [0.2, 0.25) is 0 Å². The van der Waals surface area contributed by atoms with E-state index in [-0.39, 0.29) is 0 Å². The third-order valence-corrected chi connectivity index (χ3v) is 9.91. The predicted octanol–water partition coefficient (Wildman–Crippen LogP) is 12.4. The van der Waals surface area contributed by atoms with Crippen LogP contribution in [0.4, 0.5) is 0 Å². The first-order chi connectivity index (χ1) is 23.8. The number of hydrogen-bond donors (Lipinski definition) is 0.